The molecule has 5 heteroatoms. The van der Waals surface area contributed by atoms with Gasteiger partial charge in [-0.25, -0.2) is 4.79 Å². The van der Waals surface area contributed by atoms with Gasteiger partial charge in [0.1, 0.15) is 11.9 Å². The molecule has 1 aliphatic carbocycles. The molecule has 0 aromatic heterocycles. The van der Waals surface area contributed by atoms with E-state index < -0.39 is 0 Å². The first-order valence-electron chi connectivity index (χ1n) is 7.38. The van der Waals surface area contributed by atoms with Crippen LogP contribution in [0.1, 0.15) is 35.7 Å². The number of aryl methyl sites for hydroxylation is 1. The molecule has 1 aliphatic heterocycles. The van der Waals surface area contributed by atoms with Gasteiger partial charge >= 0.3 is 5.97 Å². The normalized spacial score (nSPS) is 23.0. The van der Waals surface area contributed by atoms with Gasteiger partial charge in [0.25, 0.3) is 0 Å². The van der Waals surface area contributed by atoms with Gasteiger partial charge in [0, 0.05) is 17.0 Å². The first kappa shape index (κ1) is 15.1. The summed E-state index contributed by atoms with van der Waals surface area (Å²) in [4.78, 5) is 24.6. The standard InChI is InChI=1S/C17H17ClO4/c1-3-21-17(20)10-4-5-14-11(7-10)16(19)12-8-13(18)9(2)6-15(12)22-14/h4,6,8,11,14H,3,5,7H2,1-2H3/t11-,14-/m1/s1. The Morgan fingerprint density at radius 2 is 2.23 bits per heavy atom. The zero-order valence-electron chi connectivity index (χ0n) is 12.5. The molecule has 0 bridgehead atoms. The Labute approximate surface area is 134 Å². The van der Waals surface area contributed by atoms with Crippen molar-refractivity contribution in [1.29, 1.82) is 0 Å². The molecule has 1 heterocycles. The maximum atomic E-state index is 12.7. The molecule has 0 amide bonds. The predicted molar refractivity (Wildman–Crippen MR) is 82.4 cm³/mol. The summed E-state index contributed by atoms with van der Waals surface area (Å²) in [5, 5.41) is 0.547. The van der Waals surface area contributed by atoms with E-state index >= 15 is 0 Å². The highest BCUT2D eigenvalue weighted by Gasteiger charge is 2.40. The van der Waals surface area contributed by atoms with Crippen LogP contribution >= 0.6 is 11.6 Å². The first-order valence-corrected chi connectivity index (χ1v) is 7.76. The van der Waals surface area contributed by atoms with Crippen LogP contribution in [-0.2, 0) is 9.53 Å². The minimum atomic E-state index is -0.351. The highest BCUT2D eigenvalue weighted by atomic mass is 35.5. The lowest BCUT2D eigenvalue weighted by Gasteiger charge is -2.35. The average molecular weight is 321 g/mol. The summed E-state index contributed by atoms with van der Waals surface area (Å²) in [6.45, 7) is 3.97. The van der Waals surface area contributed by atoms with Crippen molar-refractivity contribution in [2.24, 2.45) is 5.92 Å². The molecule has 0 fully saturated rings. The second-order valence-corrected chi connectivity index (χ2v) is 6.02. The van der Waals surface area contributed by atoms with Crippen molar-refractivity contribution in [3.05, 3.63) is 39.9 Å². The minimum absolute atomic E-state index is 0.0111. The van der Waals surface area contributed by atoms with Crippen LogP contribution in [0.5, 0.6) is 5.75 Å². The Morgan fingerprint density at radius 1 is 1.45 bits per heavy atom. The van der Waals surface area contributed by atoms with Crippen LogP contribution in [0.3, 0.4) is 0 Å². The molecule has 0 radical (unpaired) electrons. The van der Waals surface area contributed by atoms with E-state index in [1.54, 1.807) is 19.1 Å². The van der Waals surface area contributed by atoms with E-state index in [-0.39, 0.29) is 23.8 Å². The summed E-state index contributed by atoms with van der Waals surface area (Å²) in [7, 11) is 0. The number of rotatable bonds is 2. The van der Waals surface area contributed by atoms with Crippen molar-refractivity contribution in [2.75, 3.05) is 6.61 Å². The molecule has 0 saturated heterocycles. The zero-order chi connectivity index (χ0) is 15.9. The fourth-order valence-electron chi connectivity index (χ4n) is 2.96. The smallest absolute Gasteiger partial charge is 0.333 e. The number of hydrogen-bond acceptors (Lipinski definition) is 4. The fourth-order valence-corrected chi connectivity index (χ4v) is 3.13. The van der Waals surface area contributed by atoms with Gasteiger partial charge in [0.05, 0.1) is 18.1 Å². The van der Waals surface area contributed by atoms with Gasteiger partial charge in [-0.05, 0) is 38.0 Å². The Morgan fingerprint density at radius 3 is 2.95 bits per heavy atom. The Bertz CT molecular complexity index is 677. The SMILES string of the molecule is CCOC(=O)C1=CC[C@H]2Oc3cc(C)c(Cl)cc3C(=O)[C@@H]2C1. The van der Waals surface area contributed by atoms with Gasteiger partial charge in [0.15, 0.2) is 5.78 Å². The summed E-state index contributed by atoms with van der Waals surface area (Å²) in [5.41, 5.74) is 1.94. The first-order chi connectivity index (χ1) is 10.5. The van der Waals surface area contributed by atoms with Crippen LogP contribution in [0.2, 0.25) is 5.02 Å². The second-order valence-electron chi connectivity index (χ2n) is 5.61. The molecule has 1 aromatic carbocycles. The topological polar surface area (TPSA) is 52.6 Å². The summed E-state index contributed by atoms with van der Waals surface area (Å²) in [6.07, 6.45) is 2.48. The predicted octanol–water partition coefficient (Wildman–Crippen LogP) is 3.49. The number of ketones is 1. The number of benzene rings is 1. The highest BCUT2D eigenvalue weighted by molar-refractivity contribution is 6.31. The lowest BCUT2D eigenvalue weighted by molar-refractivity contribution is -0.138. The van der Waals surface area contributed by atoms with E-state index in [1.807, 2.05) is 13.0 Å². The quantitative estimate of drug-likeness (QED) is 0.783. The Kier molecular flexibility index (Phi) is 3.96. The molecular weight excluding hydrogens is 304 g/mol. The molecule has 2 aliphatic rings. The van der Waals surface area contributed by atoms with E-state index in [1.165, 1.54) is 0 Å². The number of Topliss-reactive ketones (excluding diaryl/α,β-unsaturated/α-hetero) is 1. The number of carbonyl (C=O) groups is 2. The summed E-state index contributed by atoms with van der Waals surface area (Å²) in [5.74, 6) is -0.124. The van der Waals surface area contributed by atoms with Crippen LogP contribution in [0, 0.1) is 12.8 Å². The largest absolute Gasteiger partial charge is 0.489 e. The third-order valence-corrected chi connectivity index (χ3v) is 4.57. The van der Waals surface area contributed by atoms with E-state index in [2.05, 4.69) is 0 Å². The molecular formula is C17H17ClO4. The van der Waals surface area contributed by atoms with E-state index in [4.69, 9.17) is 21.1 Å². The molecule has 116 valence electrons. The van der Waals surface area contributed by atoms with Gasteiger partial charge in [-0.15, -0.1) is 0 Å². The third kappa shape index (κ3) is 2.52. The van der Waals surface area contributed by atoms with Crippen LogP contribution in [0.4, 0.5) is 0 Å². The minimum Gasteiger partial charge on any atom is -0.489 e. The zero-order valence-corrected chi connectivity index (χ0v) is 13.3. The maximum absolute atomic E-state index is 12.7. The van der Waals surface area contributed by atoms with E-state index in [0.29, 0.717) is 41.4 Å². The molecule has 0 N–H and O–H groups in total. The van der Waals surface area contributed by atoms with Gasteiger partial charge in [0.2, 0.25) is 0 Å². The number of halogens is 1. The van der Waals surface area contributed by atoms with Gasteiger partial charge in [-0.1, -0.05) is 17.7 Å². The maximum Gasteiger partial charge on any atom is 0.333 e. The van der Waals surface area contributed by atoms with Crippen molar-refractivity contribution < 1.29 is 19.1 Å². The molecule has 1 aromatic rings. The summed E-state index contributed by atoms with van der Waals surface area (Å²) >= 11 is 6.11. The van der Waals surface area contributed by atoms with Crippen molar-refractivity contribution in [3.63, 3.8) is 0 Å². The second kappa shape index (κ2) is 5.76. The highest BCUT2D eigenvalue weighted by Crippen LogP contribution is 2.40. The van der Waals surface area contributed by atoms with Crippen LogP contribution in [0.15, 0.2) is 23.8 Å². The number of hydrogen-bond donors (Lipinski definition) is 0. The van der Waals surface area contributed by atoms with Crippen molar-refractivity contribution in [2.45, 2.75) is 32.8 Å². The Hall–Kier alpha value is -1.81. The lowest BCUT2D eigenvalue weighted by Crippen LogP contribution is -2.40. The van der Waals surface area contributed by atoms with Crippen molar-refractivity contribution in [3.8, 4) is 5.75 Å². The van der Waals surface area contributed by atoms with Crippen LogP contribution in [-0.4, -0.2) is 24.5 Å². The van der Waals surface area contributed by atoms with E-state index in [0.717, 1.165) is 5.56 Å². The molecule has 0 saturated carbocycles. The van der Waals surface area contributed by atoms with Crippen molar-refractivity contribution in [1.82, 2.24) is 0 Å². The number of carbonyl (C=O) groups excluding carboxylic acids is 2. The monoisotopic (exact) mass is 320 g/mol. The number of fused-ring (bicyclic) bond motifs is 2. The molecule has 2 atom stereocenters. The number of ether oxygens (including phenoxy) is 2. The summed E-state index contributed by atoms with van der Waals surface area (Å²) < 4.78 is 11.0. The van der Waals surface area contributed by atoms with Gasteiger partial charge in [-0.2, -0.15) is 0 Å². The van der Waals surface area contributed by atoms with Gasteiger partial charge < -0.3 is 9.47 Å². The van der Waals surface area contributed by atoms with Crippen LogP contribution in [0.25, 0.3) is 0 Å². The van der Waals surface area contributed by atoms with Gasteiger partial charge in [-0.3, -0.25) is 4.79 Å². The molecule has 0 unspecified atom stereocenters. The molecule has 22 heavy (non-hydrogen) atoms. The lowest BCUT2D eigenvalue weighted by atomic mass is 9.79. The molecule has 3 rings (SSSR count). The summed E-state index contributed by atoms with van der Waals surface area (Å²) in [6, 6.07) is 3.46. The Balaban J connectivity index is 1.89. The third-order valence-electron chi connectivity index (χ3n) is 4.16. The van der Waals surface area contributed by atoms with E-state index in [9.17, 15) is 9.59 Å². The average Bonchev–Trinajstić information content (AvgIpc) is 2.50. The molecule has 0 spiro atoms. The van der Waals surface area contributed by atoms with Crippen molar-refractivity contribution >= 4 is 23.4 Å². The molecule has 4 nitrogen and oxygen atoms in total. The van der Waals surface area contributed by atoms with Crippen LogP contribution < -0.4 is 4.74 Å². The fraction of sp³-hybridized carbons (Fsp3) is 0.412. The number of esters is 1.